The number of fused-ring (bicyclic) bond motifs is 1. The van der Waals surface area contributed by atoms with Gasteiger partial charge in [0.15, 0.2) is 4.34 Å². The smallest absolute Gasteiger partial charge is 0.313 e. The van der Waals surface area contributed by atoms with Crippen LogP contribution in [-0.2, 0) is 4.79 Å². The first-order valence-corrected chi connectivity index (χ1v) is 5.96. The zero-order chi connectivity index (χ0) is 11.7. The highest BCUT2D eigenvalue weighted by Crippen LogP contribution is 2.22. The highest BCUT2D eigenvalue weighted by molar-refractivity contribution is 8.01. The van der Waals surface area contributed by atoms with Crippen LogP contribution in [0.2, 0.25) is 0 Å². The zero-order valence-corrected chi connectivity index (χ0v) is 9.71. The quantitative estimate of drug-likeness (QED) is 0.775. The summed E-state index contributed by atoms with van der Waals surface area (Å²) in [6.45, 7) is 1.55. The van der Waals surface area contributed by atoms with E-state index in [1.165, 1.54) is 0 Å². The van der Waals surface area contributed by atoms with Crippen molar-refractivity contribution in [2.24, 2.45) is 0 Å². The Bertz CT molecular complexity index is 605. The molecule has 84 valence electrons. The molecule has 0 bridgehead atoms. The Morgan fingerprint density at radius 2 is 2.31 bits per heavy atom. The standard InChI is InChI=1S/C7H6N4O3S2/c1-3-5(14)11-6(9-8-3)16-7(10-11)15-2-4(12)13/h2H2,1H3,(H,12,13). The fraction of sp³-hybridized carbons (Fsp3) is 0.286. The third kappa shape index (κ3) is 2.04. The first-order chi connectivity index (χ1) is 7.58. The Morgan fingerprint density at radius 1 is 1.56 bits per heavy atom. The molecule has 2 rings (SSSR count). The molecule has 16 heavy (non-hydrogen) atoms. The molecule has 7 nitrogen and oxygen atoms in total. The lowest BCUT2D eigenvalue weighted by Gasteiger charge is -1.89. The van der Waals surface area contributed by atoms with E-state index in [0.717, 1.165) is 27.6 Å². The molecule has 0 radical (unpaired) electrons. The van der Waals surface area contributed by atoms with E-state index in [1.807, 2.05) is 0 Å². The SMILES string of the molecule is Cc1nnc2sc(SCC(=O)O)nn2c1=O. The average molecular weight is 258 g/mol. The summed E-state index contributed by atoms with van der Waals surface area (Å²) >= 11 is 2.19. The average Bonchev–Trinajstić information content (AvgIpc) is 2.64. The van der Waals surface area contributed by atoms with Gasteiger partial charge in [0, 0.05) is 0 Å². The van der Waals surface area contributed by atoms with Crippen molar-refractivity contribution in [2.75, 3.05) is 5.75 Å². The molecule has 0 aliphatic rings. The Morgan fingerprint density at radius 3 is 3.00 bits per heavy atom. The van der Waals surface area contributed by atoms with Crippen LogP contribution in [0.15, 0.2) is 9.13 Å². The van der Waals surface area contributed by atoms with E-state index in [9.17, 15) is 9.59 Å². The van der Waals surface area contributed by atoms with E-state index in [1.54, 1.807) is 6.92 Å². The maximum atomic E-state index is 11.6. The first kappa shape index (κ1) is 11.0. The molecule has 0 aliphatic heterocycles. The van der Waals surface area contributed by atoms with Gasteiger partial charge in [-0.05, 0) is 6.92 Å². The lowest BCUT2D eigenvalue weighted by atomic mass is 10.5. The number of carboxylic acid groups (broad SMARTS) is 1. The van der Waals surface area contributed by atoms with Crippen LogP contribution < -0.4 is 5.56 Å². The van der Waals surface area contributed by atoms with Gasteiger partial charge in [-0.25, -0.2) is 0 Å². The number of carboxylic acids is 1. The number of aliphatic carboxylic acids is 1. The summed E-state index contributed by atoms with van der Waals surface area (Å²) in [6.07, 6.45) is 0. The maximum Gasteiger partial charge on any atom is 0.313 e. The lowest BCUT2D eigenvalue weighted by Crippen LogP contribution is -2.19. The Kier molecular flexibility index (Phi) is 2.88. The van der Waals surface area contributed by atoms with E-state index in [4.69, 9.17) is 5.11 Å². The van der Waals surface area contributed by atoms with Crippen molar-refractivity contribution >= 4 is 34.0 Å². The summed E-state index contributed by atoms with van der Waals surface area (Å²) in [7, 11) is 0. The number of rotatable bonds is 3. The van der Waals surface area contributed by atoms with Gasteiger partial charge in [0.1, 0.15) is 5.69 Å². The van der Waals surface area contributed by atoms with Crippen molar-refractivity contribution in [1.82, 2.24) is 19.8 Å². The third-order valence-electron chi connectivity index (χ3n) is 1.65. The highest BCUT2D eigenvalue weighted by Gasteiger charge is 2.10. The Hall–Kier alpha value is -1.48. The molecule has 0 saturated carbocycles. The molecule has 0 spiro atoms. The number of thioether (sulfide) groups is 1. The largest absolute Gasteiger partial charge is 0.481 e. The minimum Gasteiger partial charge on any atom is -0.481 e. The number of aryl methyl sites for hydroxylation is 1. The number of carbonyl (C=O) groups is 1. The summed E-state index contributed by atoms with van der Waals surface area (Å²) in [4.78, 5) is 22.3. The van der Waals surface area contributed by atoms with Crippen molar-refractivity contribution in [2.45, 2.75) is 11.3 Å². The van der Waals surface area contributed by atoms with Crippen LogP contribution in [0.3, 0.4) is 0 Å². The second kappa shape index (κ2) is 4.18. The van der Waals surface area contributed by atoms with Gasteiger partial charge >= 0.3 is 5.97 Å². The molecule has 2 aromatic rings. The second-order valence-corrected chi connectivity index (χ2v) is 5.01. The molecule has 0 unspecified atom stereocenters. The van der Waals surface area contributed by atoms with Gasteiger partial charge in [-0.3, -0.25) is 9.59 Å². The molecule has 0 aromatic carbocycles. The summed E-state index contributed by atoms with van der Waals surface area (Å²) < 4.78 is 1.62. The molecule has 0 atom stereocenters. The molecule has 1 N–H and O–H groups in total. The predicted octanol–water partition coefficient (Wildman–Crippen LogP) is 0.0311. The molecular weight excluding hydrogens is 252 g/mol. The van der Waals surface area contributed by atoms with Crippen molar-refractivity contribution in [3.8, 4) is 0 Å². The molecule has 9 heteroatoms. The predicted molar refractivity (Wildman–Crippen MR) is 58.0 cm³/mol. The second-order valence-electron chi connectivity index (χ2n) is 2.84. The monoisotopic (exact) mass is 258 g/mol. The van der Waals surface area contributed by atoms with Crippen LogP contribution in [0, 0.1) is 6.92 Å². The Balaban J connectivity index is 2.40. The van der Waals surface area contributed by atoms with Crippen molar-refractivity contribution < 1.29 is 9.90 Å². The molecule has 2 aromatic heterocycles. The van der Waals surface area contributed by atoms with Crippen LogP contribution >= 0.6 is 23.1 Å². The topological polar surface area (TPSA) is 97.4 Å². The number of aromatic nitrogens is 4. The van der Waals surface area contributed by atoms with Crippen LogP contribution in [0.1, 0.15) is 5.69 Å². The number of hydrogen-bond donors (Lipinski definition) is 1. The summed E-state index contributed by atoms with van der Waals surface area (Å²) in [5.74, 6) is -1.03. The summed E-state index contributed by atoms with van der Waals surface area (Å²) in [5, 5.41) is 19.9. The molecule has 2 heterocycles. The van der Waals surface area contributed by atoms with Crippen molar-refractivity contribution in [1.29, 1.82) is 0 Å². The lowest BCUT2D eigenvalue weighted by molar-refractivity contribution is -0.133. The molecular formula is C7H6N4O3S2. The van der Waals surface area contributed by atoms with Crippen molar-refractivity contribution in [3.63, 3.8) is 0 Å². The first-order valence-electron chi connectivity index (χ1n) is 4.15. The van der Waals surface area contributed by atoms with E-state index in [0.29, 0.717) is 9.30 Å². The minimum atomic E-state index is -0.932. The maximum absolute atomic E-state index is 11.6. The van der Waals surface area contributed by atoms with Gasteiger partial charge < -0.3 is 5.11 Å². The van der Waals surface area contributed by atoms with Gasteiger partial charge in [-0.2, -0.15) is 4.52 Å². The minimum absolute atomic E-state index is 0.0962. The van der Waals surface area contributed by atoms with Crippen molar-refractivity contribution in [3.05, 3.63) is 16.0 Å². The zero-order valence-electron chi connectivity index (χ0n) is 8.08. The van der Waals surface area contributed by atoms with Crippen LogP contribution in [0.25, 0.3) is 4.96 Å². The fourth-order valence-corrected chi connectivity index (χ4v) is 2.55. The van der Waals surface area contributed by atoms with Gasteiger partial charge in [-0.15, -0.1) is 15.3 Å². The number of hydrogen-bond acceptors (Lipinski definition) is 7. The molecule has 0 amide bonds. The Labute approximate surface area is 97.1 Å². The van der Waals surface area contributed by atoms with E-state index in [-0.39, 0.29) is 17.0 Å². The fourth-order valence-electron chi connectivity index (χ4n) is 0.957. The van der Waals surface area contributed by atoms with Crippen LogP contribution in [0.4, 0.5) is 0 Å². The highest BCUT2D eigenvalue weighted by atomic mass is 32.2. The van der Waals surface area contributed by atoms with E-state index in [2.05, 4.69) is 15.3 Å². The van der Waals surface area contributed by atoms with Gasteiger partial charge in [0.2, 0.25) is 4.96 Å². The molecule has 0 aliphatic carbocycles. The summed E-state index contributed by atoms with van der Waals surface area (Å²) in [5.41, 5.74) is -0.0685. The normalized spacial score (nSPS) is 10.8. The van der Waals surface area contributed by atoms with Gasteiger partial charge in [-0.1, -0.05) is 23.1 Å². The van der Waals surface area contributed by atoms with Gasteiger partial charge in [0.25, 0.3) is 5.56 Å². The van der Waals surface area contributed by atoms with Crippen LogP contribution in [-0.4, -0.2) is 36.6 Å². The van der Waals surface area contributed by atoms with E-state index >= 15 is 0 Å². The third-order valence-corrected chi connectivity index (χ3v) is 3.66. The number of nitrogens with zero attached hydrogens (tertiary/aromatic N) is 4. The molecule has 0 saturated heterocycles. The van der Waals surface area contributed by atoms with Crippen LogP contribution in [0.5, 0.6) is 0 Å². The van der Waals surface area contributed by atoms with E-state index < -0.39 is 5.97 Å². The van der Waals surface area contributed by atoms with Gasteiger partial charge in [0.05, 0.1) is 5.75 Å². The molecule has 0 fully saturated rings. The summed E-state index contributed by atoms with van der Waals surface area (Å²) in [6, 6.07) is 0.